The van der Waals surface area contributed by atoms with Gasteiger partial charge in [0.25, 0.3) is 0 Å². The second kappa shape index (κ2) is 9.20. The first-order chi connectivity index (χ1) is 11.9. The lowest BCUT2D eigenvalue weighted by Gasteiger charge is -2.28. The normalized spacial score (nSPS) is 20.5. The molecule has 1 aromatic carbocycles. The van der Waals surface area contributed by atoms with Crippen molar-refractivity contribution in [2.24, 2.45) is 5.92 Å². The third-order valence-electron chi connectivity index (χ3n) is 4.92. The van der Waals surface area contributed by atoms with Crippen LogP contribution >= 0.6 is 0 Å². The van der Waals surface area contributed by atoms with Gasteiger partial charge in [-0.2, -0.15) is 0 Å². The number of hydrogen-bond donors (Lipinski definition) is 2. The molecule has 5 nitrogen and oxygen atoms in total. The summed E-state index contributed by atoms with van der Waals surface area (Å²) >= 11 is 0. The number of aliphatic hydroxyl groups excluding tert-OH is 1. The Morgan fingerprint density at radius 3 is 2.56 bits per heavy atom. The van der Waals surface area contributed by atoms with Crippen LogP contribution < -0.4 is 10.1 Å². The third-order valence-corrected chi connectivity index (χ3v) is 4.92. The minimum atomic E-state index is -0.323. The van der Waals surface area contributed by atoms with Gasteiger partial charge in [-0.05, 0) is 56.3 Å². The Morgan fingerprint density at radius 1 is 1.32 bits per heavy atom. The number of likely N-dealkylation sites (tertiary alicyclic amines) is 1. The van der Waals surface area contributed by atoms with Crippen LogP contribution in [0.2, 0.25) is 0 Å². The van der Waals surface area contributed by atoms with Crippen molar-refractivity contribution in [1.29, 1.82) is 0 Å². The molecular formula is C20H32N2O3. The van der Waals surface area contributed by atoms with Crippen LogP contribution in [0.4, 0.5) is 0 Å². The molecule has 1 aromatic rings. The maximum atomic E-state index is 12.6. The van der Waals surface area contributed by atoms with Gasteiger partial charge in [-0.1, -0.05) is 26.0 Å². The van der Waals surface area contributed by atoms with E-state index in [1.165, 1.54) is 0 Å². The molecule has 3 unspecified atom stereocenters. The molecule has 2 rings (SSSR count). The molecule has 0 saturated carbocycles. The highest BCUT2D eigenvalue weighted by atomic mass is 16.5. The average Bonchev–Trinajstić information content (AvgIpc) is 2.98. The molecule has 0 aliphatic carbocycles. The molecule has 1 heterocycles. The van der Waals surface area contributed by atoms with Gasteiger partial charge in [-0.15, -0.1) is 0 Å². The fraction of sp³-hybridized carbons (Fsp3) is 0.650. The van der Waals surface area contributed by atoms with Gasteiger partial charge in [0.1, 0.15) is 5.75 Å². The van der Waals surface area contributed by atoms with E-state index in [4.69, 9.17) is 4.74 Å². The lowest BCUT2D eigenvalue weighted by atomic mass is 9.96. The Labute approximate surface area is 151 Å². The molecule has 3 atom stereocenters. The highest BCUT2D eigenvalue weighted by Crippen LogP contribution is 2.25. The summed E-state index contributed by atoms with van der Waals surface area (Å²) in [6, 6.07) is 8.16. The molecule has 1 aliphatic heterocycles. The van der Waals surface area contributed by atoms with Crippen LogP contribution in [-0.4, -0.2) is 48.3 Å². The average molecular weight is 348 g/mol. The quantitative estimate of drug-likeness (QED) is 0.758. The maximum Gasteiger partial charge on any atom is 0.234 e. The van der Waals surface area contributed by atoms with Crippen molar-refractivity contribution in [2.75, 3.05) is 20.2 Å². The van der Waals surface area contributed by atoms with Crippen LogP contribution in [0.3, 0.4) is 0 Å². The number of methoxy groups -OCH3 is 1. The molecule has 1 amide bonds. The van der Waals surface area contributed by atoms with E-state index in [9.17, 15) is 9.90 Å². The van der Waals surface area contributed by atoms with Crippen LogP contribution in [0.1, 0.15) is 51.6 Å². The molecule has 1 saturated heterocycles. The zero-order valence-electron chi connectivity index (χ0n) is 15.9. The van der Waals surface area contributed by atoms with Crippen molar-refractivity contribution in [1.82, 2.24) is 10.2 Å². The van der Waals surface area contributed by atoms with Gasteiger partial charge < -0.3 is 15.2 Å². The van der Waals surface area contributed by atoms with Gasteiger partial charge in [0.05, 0.1) is 25.8 Å². The summed E-state index contributed by atoms with van der Waals surface area (Å²) < 4.78 is 5.21. The monoisotopic (exact) mass is 348 g/mol. The standard InChI is InChI=1S/C20H32N2O3/c1-14(2)20(16-7-9-18(25-4)10-8-16)21-19(24)13-22-11-5-6-17(22)12-15(3)23/h7-10,14-15,17,20,23H,5-6,11-13H2,1-4H3,(H,21,24). The van der Waals surface area contributed by atoms with Gasteiger partial charge in [-0.3, -0.25) is 9.69 Å². The highest BCUT2D eigenvalue weighted by molar-refractivity contribution is 5.78. The lowest BCUT2D eigenvalue weighted by molar-refractivity contribution is -0.123. The molecule has 0 aromatic heterocycles. The minimum absolute atomic E-state index is 0.0174. The van der Waals surface area contributed by atoms with Gasteiger partial charge in [0.2, 0.25) is 5.91 Å². The summed E-state index contributed by atoms with van der Waals surface area (Å²) in [5.41, 5.74) is 1.09. The maximum absolute atomic E-state index is 12.6. The van der Waals surface area contributed by atoms with Crippen LogP contribution in [0.25, 0.3) is 0 Å². The zero-order chi connectivity index (χ0) is 18.4. The number of aliphatic hydroxyl groups is 1. The fourth-order valence-corrected chi connectivity index (χ4v) is 3.61. The number of carbonyl (C=O) groups is 1. The van der Waals surface area contributed by atoms with E-state index in [2.05, 4.69) is 24.1 Å². The number of nitrogens with one attached hydrogen (secondary N) is 1. The third kappa shape index (κ3) is 5.72. The molecule has 0 spiro atoms. The van der Waals surface area contributed by atoms with Crippen molar-refractivity contribution in [3.8, 4) is 5.75 Å². The Balaban J connectivity index is 1.97. The molecule has 25 heavy (non-hydrogen) atoms. The van der Waals surface area contributed by atoms with E-state index in [1.807, 2.05) is 31.2 Å². The van der Waals surface area contributed by atoms with E-state index in [1.54, 1.807) is 7.11 Å². The van der Waals surface area contributed by atoms with Gasteiger partial charge in [-0.25, -0.2) is 0 Å². The summed E-state index contributed by atoms with van der Waals surface area (Å²) in [7, 11) is 1.65. The summed E-state index contributed by atoms with van der Waals surface area (Å²) in [6.45, 7) is 7.37. The second-order valence-electron chi connectivity index (χ2n) is 7.41. The Morgan fingerprint density at radius 2 is 2.00 bits per heavy atom. The molecule has 1 fully saturated rings. The van der Waals surface area contributed by atoms with Crippen molar-refractivity contribution in [3.63, 3.8) is 0 Å². The summed E-state index contributed by atoms with van der Waals surface area (Å²) in [4.78, 5) is 14.8. The molecule has 140 valence electrons. The van der Waals surface area contributed by atoms with E-state index < -0.39 is 0 Å². The van der Waals surface area contributed by atoms with Crippen LogP contribution in [0.5, 0.6) is 5.75 Å². The first-order valence-electron chi connectivity index (χ1n) is 9.26. The molecule has 5 heteroatoms. The molecule has 2 N–H and O–H groups in total. The molecule has 0 bridgehead atoms. The predicted octanol–water partition coefficient (Wildman–Crippen LogP) is 2.74. The van der Waals surface area contributed by atoms with Gasteiger partial charge in [0.15, 0.2) is 0 Å². The number of ether oxygens (including phenoxy) is 1. The lowest BCUT2D eigenvalue weighted by Crippen LogP contribution is -2.42. The van der Waals surface area contributed by atoms with E-state index >= 15 is 0 Å². The van der Waals surface area contributed by atoms with Gasteiger partial charge in [0, 0.05) is 6.04 Å². The Bertz CT molecular complexity index is 542. The predicted molar refractivity (Wildman–Crippen MR) is 99.6 cm³/mol. The minimum Gasteiger partial charge on any atom is -0.497 e. The number of carbonyl (C=O) groups excluding carboxylic acids is 1. The molecule has 0 radical (unpaired) electrons. The van der Waals surface area contributed by atoms with Crippen molar-refractivity contribution in [3.05, 3.63) is 29.8 Å². The van der Waals surface area contributed by atoms with E-state index in [0.29, 0.717) is 18.5 Å². The second-order valence-corrected chi connectivity index (χ2v) is 7.41. The van der Waals surface area contributed by atoms with Crippen LogP contribution in [0, 0.1) is 5.92 Å². The number of benzene rings is 1. The largest absolute Gasteiger partial charge is 0.497 e. The number of amides is 1. The van der Waals surface area contributed by atoms with Crippen molar-refractivity contribution >= 4 is 5.91 Å². The number of rotatable bonds is 8. The SMILES string of the molecule is COc1ccc(C(NC(=O)CN2CCCC2CC(C)O)C(C)C)cc1. The van der Waals surface area contributed by atoms with Crippen molar-refractivity contribution < 1.29 is 14.6 Å². The van der Waals surface area contributed by atoms with Crippen LogP contribution in [-0.2, 0) is 4.79 Å². The fourth-order valence-electron chi connectivity index (χ4n) is 3.61. The zero-order valence-corrected chi connectivity index (χ0v) is 15.9. The first-order valence-corrected chi connectivity index (χ1v) is 9.26. The number of hydrogen-bond acceptors (Lipinski definition) is 4. The Kier molecular flexibility index (Phi) is 7.26. The van der Waals surface area contributed by atoms with Gasteiger partial charge >= 0.3 is 0 Å². The van der Waals surface area contributed by atoms with E-state index in [0.717, 1.165) is 37.1 Å². The van der Waals surface area contributed by atoms with Crippen LogP contribution in [0.15, 0.2) is 24.3 Å². The first kappa shape index (κ1) is 19.7. The molecule has 1 aliphatic rings. The Hall–Kier alpha value is -1.59. The summed E-state index contributed by atoms with van der Waals surface area (Å²) in [6.07, 6.45) is 2.57. The topological polar surface area (TPSA) is 61.8 Å². The highest BCUT2D eigenvalue weighted by Gasteiger charge is 2.28. The van der Waals surface area contributed by atoms with E-state index in [-0.39, 0.29) is 18.1 Å². The number of nitrogens with zero attached hydrogens (tertiary/aromatic N) is 1. The van der Waals surface area contributed by atoms with Crippen molar-refractivity contribution in [2.45, 2.75) is 58.2 Å². The smallest absolute Gasteiger partial charge is 0.234 e. The summed E-state index contributed by atoms with van der Waals surface area (Å²) in [5.74, 6) is 1.16. The summed E-state index contributed by atoms with van der Waals surface area (Å²) in [5, 5.41) is 12.8. The molecular weight excluding hydrogens is 316 g/mol.